The van der Waals surface area contributed by atoms with Crippen LogP contribution in [0.5, 0.6) is 0 Å². The van der Waals surface area contributed by atoms with Gasteiger partial charge in [0, 0.05) is 42.3 Å². The Hall–Kier alpha value is -2.46. The average Bonchev–Trinajstić information content (AvgIpc) is 2.78. The maximum Gasteiger partial charge on any atom is 0.159 e. The van der Waals surface area contributed by atoms with Gasteiger partial charge in [-0.3, -0.25) is 14.6 Å². The van der Waals surface area contributed by atoms with Gasteiger partial charge in [-0.05, 0) is 49.6 Å². The van der Waals surface area contributed by atoms with Gasteiger partial charge in [-0.15, -0.1) is 0 Å². The van der Waals surface area contributed by atoms with Crippen LogP contribution in [0.1, 0.15) is 53.9 Å². The van der Waals surface area contributed by atoms with Crippen molar-refractivity contribution in [3.63, 3.8) is 0 Å². The van der Waals surface area contributed by atoms with E-state index in [0.29, 0.717) is 12.1 Å². The quantitative estimate of drug-likeness (QED) is 0.419. The zero-order valence-electron chi connectivity index (χ0n) is 19.0. The van der Waals surface area contributed by atoms with Gasteiger partial charge in [-0.25, -0.2) is 0 Å². The summed E-state index contributed by atoms with van der Waals surface area (Å²) >= 11 is 6.21. The lowest BCUT2D eigenvalue weighted by atomic mass is 9.92. The molecule has 0 spiro atoms. The van der Waals surface area contributed by atoms with E-state index in [2.05, 4.69) is 78.2 Å². The summed E-state index contributed by atoms with van der Waals surface area (Å²) in [5.74, 6) is 0.101. The van der Waals surface area contributed by atoms with Crippen LogP contribution in [-0.2, 0) is 6.54 Å². The Balaban J connectivity index is 1.60. The van der Waals surface area contributed by atoms with E-state index >= 15 is 0 Å². The van der Waals surface area contributed by atoms with E-state index < -0.39 is 0 Å². The fourth-order valence-electron chi connectivity index (χ4n) is 4.79. The smallest absolute Gasteiger partial charge is 0.159 e. The molecule has 0 radical (unpaired) electrons. The van der Waals surface area contributed by atoms with E-state index in [1.54, 1.807) is 6.92 Å². The summed E-state index contributed by atoms with van der Waals surface area (Å²) in [5, 5.41) is 0.792. The van der Waals surface area contributed by atoms with E-state index in [-0.39, 0.29) is 11.8 Å². The molecule has 0 aliphatic carbocycles. The third-order valence-corrected chi connectivity index (χ3v) is 6.75. The number of carbonyl (C=O) groups excluding carboxylic acids is 1. The van der Waals surface area contributed by atoms with Gasteiger partial charge in [0.05, 0.1) is 6.04 Å². The first-order chi connectivity index (χ1) is 15.4. The molecule has 0 saturated carbocycles. The summed E-state index contributed by atoms with van der Waals surface area (Å²) in [6.45, 7) is 9.11. The lowest BCUT2D eigenvalue weighted by molar-refractivity contribution is 0.0195. The monoisotopic (exact) mass is 446 g/mol. The Morgan fingerprint density at radius 2 is 1.59 bits per heavy atom. The van der Waals surface area contributed by atoms with Gasteiger partial charge in [0.25, 0.3) is 0 Å². The average molecular weight is 447 g/mol. The van der Waals surface area contributed by atoms with Gasteiger partial charge >= 0.3 is 0 Å². The number of Topliss-reactive ketones (excluding diaryl/α,β-unsaturated/α-hetero) is 1. The number of halogens is 1. The molecular weight excluding hydrogens is 416 g/mol. The second-order valence-corrected chi connectivity index (χ2v) is 9.38. The fraction of sp³-hybridized carbons (Fsp3) is 0.321. The Morgan fingerprint density at radius 3 is 2.25 bits per heavy atom. The molecule has 3 nitrogen and oxygen atoms in total. The van der Waals surface area contributed by atoms with Crippen molar-refractivity contribution >= 4 is 17.4 Å². The number of nitrogens with zero attached hydrogens (tertiary/aromatic N) is 2. The lowest BCUT2D eigenvalue weighted by Gasteiger charge is -2.47. The summed E-state index contributed by atoms with van der Waals surface area (Å²) in [6.07, 6.45) is 0. The minimum atomic E-state index is 0.101. The number of hydrogen-bond acceptors (Lipinski definition) is 3. The molecule has 3 atom stereocenters. The molecule has 3 aromatic rings. The molecule has 0 unspecified atom stereocenters. The van der Waals surface area contributed by atoms with Crippen molar-refractivity contribution in [1.29, 1.82) is 0 Å². The minimum absolute atomic E-state index is 0.101. The molecule has 0 bridgehead atoms. The highest BCUT2D eigenvalue weighted by molar-refractivity contribution is 6.30. The van der Waals surface area contributed by atoms with Gasteiger partial charge in [-0.2, -0.15) is 0 Å². The Morgan fingerprint density at radius 1 is 0.906 bits per heavy atom. The molecule has 0 amide bonds. The first-order valence-corrected chi connectivity index (χ1v) is 11.7. The van der Waals surface area contributed by atoms with Crippen molar-refractivity contribution in [2.24, 2.45) is 0 Å². The molecule has 0 N–H and O–H groups in total. The fourth-order valence-corrected chi connectivity index (χ4v) is 5.00. The van der Waals surface area contributed by atoms with Crippen molar-refractivity contribution in [2.75, 3.05) is 13.1 Å². The van der Waals surface area contributed by atoms with E-state index in [9.17, 15) is 4.79 Å². The Kier molecular flexibility index (Phi) is 7.10. The van der Waals surface area contributed by atoms with E-state index in [1.807, 2.05) is 24.3 Å². The molecule has 1 heterocycles. The number of rotatable bonds is 6. The summed E-state index contributed by atoms with van der Waals surface area (Å²) < 4.78 is 0. The largest absolute Gasteiger partial charge is 0.295 e. The standard InChI is InChI=1S/C28H31ClN2O/c1-20-18-31(21(2)17-30(20)19-23-8-7-11-27(29)16-23)28(25-9-5-4-6-10-25)26-14-12-24(13-15-26)22(3)32/h4-16,20-21,28H,17-19H2,1-3H3/t20-,21+,28-/m1/s1. The zero-order chi connectivity index (χ0) is 22.7. The third kappa shape index (κ3) is 5.12. The normalized spacial score (nSPS) is 20.8. The maximum atomic E-state index is 11.8. The van der Waals surface area contributed by atoms with Crippen molar-refractivity contribution in [3.8, 4) is 0 Å². The van der Waals surface area contributed by atoms with E-state index in [1.165, 1.54) is 16.7 Å². The molecule has 1 aliphatic rings. The van der Waals surface area contributed by atoms with Crippen molar-refractivity contribution in [1.82, 2.24) is 9.80 Å². The van der Waals surface area contributed by atoms with Crippen LogP contribution in [-0.4, -0.2) is 40.8 Å². The number of benzene rings is 3. The summed E-state index contributed by atoms with van der Waals surface area (Å²) in [7, 11) is 0. The van der Waals surface area contributed by atoms with Crippen LogP contribution >= 0.6 is 11.6 Å². The van der Waals surface area contributed by atoms with Crippen LogP contribution < -0.4 is 0 Å². The van der Waals surface area contributed by atoms with Gasteiger partial charge < -0.3 is 0 Å². The molecule has 0 aromatic heterocycles. The molecule has 1 fully saturated rings. The first-order valence-electron chi connectivity index (χ1n) is 11.3. The van der Waals surface area contributed by atoms with Gasteiger partial charge in [-0.1, -0.05) is 78.3 Å². The van der Waals surface area contributed by atoms with Crippen LogP contribution in [0.2, 0.25) is 5.02 Å². The summed E-state index contributed by atoms with van der Waals surface area (Å²) in [4.78, 5) is 16.9. The first kappa shape index (κ1) is 22.7. The zero-order valence-corrected chi connectivity index (χ0v) is 19.8. The molecule has 166 valence electrons. The predicted octanol–water partition coefficient (Wildman–Crippen LogP) is 6.23. The van der Waals surface area contributed by atoms with E-state index in [0.717, 1.165) is 30.2 Å². The highest BCUT2D eigenvalue weighted by Crippen LogP contribution is 2.34. The summed E-state index contributed by atoms with van der Waals surface area (Å²) in [5.41, 5.74) is 4.52. The second-order valence-electron chi connectivity index (χ2n) is 8.95. The second kappa shape index (κ2) is 9.99. The predicted molar refractivity (Wildman–Crippen MR) is 132 cm³/mol. The van der Waals surface area contributed by atoms with Crippen LogP contribution in [0.3, 0.4) is 0 Å². The lowest BCUT2D eigenvalue weighted by Crippen LogP contribution is -2.56. The molecular formula is C28H31ClN2O. The van der Waals surface area contributed by atoms with Crippen molar-refractivity contribution < 1.29 is 4.79 Å². The highest BCUT2D eigenvalue weighted by atomic mass is 35.5. The topological polar surface area (TPSA) is 23.6 Å². The van der Waals surface area contributed by atoms with Crippen LogP contribution in [0.15, 0.2) is 78.9 Å². The molecule has 3 aromatic carbocycles. The molecule has 1 aliphatic heterocycles. The Bertz CT molecular complexity index is 1050. The van der Waals surface area contributed by atoms with Gasteiger partial charge in [0.15, 0.2) is 5.78 Å². The molecule has 4 rings (SSSR count). The highest BCUT2D eigenvalue weighted by Gasteiger charge is 2.34. The van der Waals surface area contributed by atoms with Gasteiger partial charge in [0.1, 0.15) is 0 Å². The number of piperazine rings is 1. The number of carbonyl (C=O) groups is 1. The van der Waals surface area contributed by atoms with Crippen molar-refractivity contribution in [2.45, 2.75) is 45.4 Å². The molecule has 1 saturated heterocycles. The SMILES string of the molecule is CC(=O)c1ccc([C@@H](c2ccccc2)N2C[C@@H](C)N(Cc3cccc(Cl)c3)C[C@@H]2C)cc1. The number of ketones is 1. The third-order valence-electron chi connectivity index (χ3n) is 6.52. The number of hydrogen-bond donors (Lipinski definition) is 0. The van der Waals surface area contributed by atoms with Gasteiger partial charge in [0.2, 0.25) is 0 Å². The van der Waals surface area contributed by atoms with Crippen molar-refractivity contribution in [3.05, 3.63) is 106 Å². The molecule has 4 heteroatoms. The maximum absolute atomic E-state index is 11.8. The summed E-state index contributed by atoms with van der Waals surface area (Å²) in [6, 6.07) is 27.9. The molecule has 32 heavy (non-hydrogen) atoms. The van der Waals surface area contributed by atoms with E-state index in [4.69, 9.17) is 11.6 Å². The Labute approximate surface area is 196 Å². The van der Waals surface area contributed by atoms with Crippen LogP contribution in [0, 0.1) is 0 Å². The minimum Gasteiger partial charge on any atom is -0.295 e. The van der Waals surface area contributed by atoms with Crippen LogP contribution in [0.25, 0.3) is 0 Å². The van der Waals surface area contributed by atoms with Crippen LogP contribution in [0.4, 0.5) is 0 Å².